The zero-order valence-corrected chi connectivity index (χ0v) is 11.1. The fourth-order valence-electron chi connectivity index (χ4n) is 1.60. The van der Waals surface area contributed by atoms with Gasteiger partial charge in [-0.05, 0) is 38.1 Å². The fourth-order valence-corrected chi connectivity index (χ4v) is 1.80. The summed E-state index contributed by atoms with van der Waals surface area (Å²) < 4.78 is 0. The van der Waals surface area contributed by atoms with Gasteiger partial charge >= 0.3 is 0 Å². The van der Waals surface area contributed by atoms with Crippen molar-refractivity contribution >= 4 is 11.6 Å². The molecule has 1 N–H and O–H groups in total. The molecule has 0 aliphatic rings. The van der Waals surface area contributed by atoms with E-state index in [-0.39, 0.29) is 0 Å². The molecule has 90 valence electrons. The van der Waals surface area contributed by atoms with Gasteiger partial charge in [-0.1, -0.05) is 25.4 Å². The normalized spacial score (nSPS) is 13.4. The molecule has 1 rings (SSSR count). The van der Waals surface area contributed by atoms with Gasteiger partial charge in [-0.3, -0.25) is 4.90 Å². The summed E-state index contributed by atoms with van der Waals surface area (Å²) >= 11 is 5.91. The van der Waals surface area contributed by atoms with Crippen LogP contribution in [0.5, 0.6) is 5.75 Å². The van der Waals surface area contributed by atoms with Crippen molar-refractivity contribution < 1.29 is 5.11 Å². The van der Waals surface area contributed by atoms with Crippen molar-refractivity contribution in [3.63, 3.8) is 0 Å². The topological polar surface area (TPSA) is 23.5 Å². The lowest BCUT2D eigenvalue weighted by atomic mass is 10.0. The molecule has 1 aromatic carbocycles. The summed E-state index contributed by atoms with van der Waals surface area (Å²) in [4.78, 5) is 2.22. The van der Waals surface area contributed by atoms with E-state index in [1.54, 1.807) is 12.1 Å². The van der Waals surface area contributed by atoms with Crippen LogP contribution >= 0.6 is 11.6 Å². The predicted molar refractivity (Wildman–Crippen MR) is 68.9 cm³/mol. The van der Waals surface area contributed by atoms with Crippen molar-refractivity contribution in [1.29, 1.82) is 0 Å². The molecule has 0 amide bonds. The molecule has 2 nitrogen and oxygen atoms in total. The van der Waals surface area contributed by atoms with Gasteiger partial charge in [-0.15, -0.1) is 0 Å². The van der Waals surface area contributed by atoms with Gasteiger partial charge in [-0.25, -0.2) is 0 Å². The number of phenolic OH excluding ortho intramolecular Hbond substituents is 1. The molecule has 3 heteroatoms. The van der Waals surface area contributed by atoms with Gasteiger partial charge in [0.2, 0.25) is 0 Å². The first kappa shape index (κ1) is 13.3. The number of rotatable bonds is 4. The summed E-state index contributed by atoms with van der Waals surface area (Å²) in [6, 6.07) is 5.64. The van der Waals surface area contributed by atoms with Crippen molar-refractivity contribution in [2.24, 2.45) is 5.92 Å². The summed E-state index contributed by atoms with van der Waals surface area (Å²) in [7, 11) is 2.06. The highest BCUT2D eigenvalue weighted by Gasteiger charge is 2.14. The summed E-state index contributed by atoms with van der Waals surface area (Å²) in [6.07, 6.45) is 0. The second kappa shape index (κ2) is 5.55. The van der Waals surface area contributed by atoms with Crippen LogP contribution in [0.3, 0.4) is 0 Å². The zero-order valence-electron chi connectivity index (χ0n) is 10.4. The van der Waals surface area contributed by atoms with Crippen LogP contribution in [-0.2, 0) is 6.54 Å². The second-order valence-corrected chi connectivity index (χ2v) is 5.11. The first-order chi connectivity index (χ1) is 7.41. The van der Waals surface area contributed by atoms with Crippen molar-refractivity contribution in [3.8, 4) is 5.75 Å². The third-order valence-corrected chi connectivity index (χ3v) is 3.36. The molecule has 1 atom stereocenters. The van der Waals surface area contributed by atoms with Crippen LogP contribution in [0.15, 0.2) is 18.2 Å². The monoisotopic (exact) mass is 241 g/mol. The van der Waals surface area contributed by atoms with E-state index in [2.05, 4.69) is 32.7 Å². The summed E-state index contributed by atoms with van der Waals surface area (Å²) in [5.41, 5.74) is 0.877. The minimum atomic E-state index is 0.312. The van der Waals surface area contributed by atoms with Gasteiger partial charge in [0, 0.05) is 23.2 Å². The van der Waals surface area contributed by atoms with Crippen molar-refractivity contribution in [2.75, 3.05) is 7.05 Å². The second-order valence-electron chi connectivity index (χ2n) is 4.67. The average molecular weight is 242 g/mol. The molecular formula is C13H20ClNO. The number of aromatic hydroxyl groups is 1. The Morgan fingerprint density at radius 3 is 2.50 bits per heavy atom. The van der Waals surface area contributed by atoms with Gasteiger partial charge in [0.15, 0.2) is 0 Å². The molecule has 0 saturated carbocycles. The highest BCUT2D eigenvalue weighted by molar-refractivity contribution is 6.30. The van der Waals surface area contributed by atoms with Crippen LogP contribution in [0, 0.1) is 5.92 Å². The third-order valence-electron chi connectivity index (χ3n) is 3.12. The number of halogens is 1. The molecule has 0 fully saturated rings. The lowest BCUT2D eigenvalue weighted by molar-refractivity contribution is 0.198. The first-order valence-electron chi connectivity index (χ1n) is 5.59. The van der Waals surface area contributed by atoms with E-state index in [1.165, 1.54) is 0 Å². The molecule has 0 bridgehead atoms. The molecule has 0 radical (unpaired) electrons. The SMILES string of the molecule is CC(C)C(C)N(C)Cc1cc(Cl)ccc1O. The number of hydrogen-bond donors (Lipinski definition) is 1. The highest BCUT2D eigenvalue weighted by atomic mass is 35.5. The Morgan fingerprint density at radius 2 is 1.94 bits per heavy atom. The molecule has 0 aromatic heterocycles. The van der Waals surface area contributed by atoms with Crippen LogP contribution in [0.4, 0.5) is 0 Å². The van der Waals surface area contributed by atoms with E-state index in [1.807, 2.05) is 6.07 Å². The molecule has 1 unspecified atom stereocenters. The minimum absolute atomic E-state index is 0.312. The molecule has 1 aromatic rings. The summed E-state index contributed by atoms with van der Waals surface area (Å²) in [6.45, 7) is 7.29. The quantitative estimate of drug-likeness (QED) is 0.872. The van der Waals surface area contributed by atoms with Crippen molar-refractivity contribution in [2.45, 2.75) is 33.4 Å². The van der Waals surface area contributed by atoms with E-state index in [4.69, 9.17) is 11.6 Å². The standard InChI is InChI=1S/C13H20ClNO/c1-9(2)10(3)15(4)8-11-7-12(14)5-6-13(11)16/h5-7,9-10,16H,8H2,1-4H3. The Balaban J connectivity index is 2.76. The summed E-state index contributed by atoms with van der Waals surface area (Å²) in [5, 5.41) is 10.4. The largest absolute Gasteiger partial charge is 0.508 e. The lowest BCUT2D eigenvalue weighted by Gasteiger charge is -2.28. The van der Waals surface area contributed by atoms with E-state index >= 15 is 0 Å². The molecular weight excluding hydrogens is 222 g/mol. The minimum Gasteiger partial charge on any atom is -0.508 e. The highest BCUT2D eigenvalue weighted by Crippen LogP contribution is 2.23. The van der Waals surface area contributed by atoms with Crippen LogP contribution in [0.25, 0.3) is 0 Å². The Morgan fingerprint density at radius 1 is 1.31 bits per heavy atom. The van der Waals surface area contributed by atoms with Gasteiger partial charge in [0.1, 0.15) is 5.75 Å². The van der Waals surface area contributed by atoms with E-state index in [0.717, 1.165) is 5.56 Å². The average Bonchev–Trinajstić information content (AvgIpc) is 2.22. The molecule has 0 saturated heterocycles. The Kier molecular flexibility index (Phi) is 4.63. The van der Waals surface area contributed by atoms with Crippen LogP contribution in [0.2, 0.25) is 5.02 Å². The Hall–Kier alpha value is -0.730. The van der Waals surface area contributed by atoms with Crippen LogP contribution < -0.4 is 0 Å². The van der Waals surface area contributed by atoms with Crippen molar-refractivity contribution in [3.05, 3.63) is 28.8 Å². The van der Waals surface area contributed by atoms with E-state index < -0.39 is 0 Å². The maximum Gasteiger partial charge on any atom is 0.120 e. The maximum atomic E-state index is 9.72. The fraction of sp³-hybridized carbons (Fsp3) is 0.538. The Labute approximate surface area is 103 Å². The smallest absolute Gasteiger partial charge is 0.120 e. The van der Waals surface area contributed by atoms with Crippen LogP contribution in [0.1, 0.15) is 26.3 Å². The maximum absolute atomic E-state index is 9.72. The number of benzene rings is 1. The molecule has 0 aliphatic heterocycles. The lowest BCUT2D eigenvalue weighted by Crippen LogP contribution is -2.32. The summed E-state index contributed by atoms with van der Waals surface area (Å²) in [5.74, 6) is 0.901. The van der Waals surface area contributed by atoms with Gasteiger partial charge in [-0.2, -0.15) is 0 Å². The van der Waals surface area contributed by atoms with Gasteiger partial charge < -0.3 is 5.11 Å². The molecule has 0 aliphatic carbocycles. The number of nitrogens with zero attached hydrogens (tertiary/aromatic N) is 1. The number of phenols is 1. The van der Waals surface area contributed by atoms with Crippen LogP contribution in [-0.4, -0.2) is 23.1 Å². The van der Waals surface area contributed by atoms with Gasteiger partial charge in [0.05, 0.1) is 0 Å². The molecule has 0 spiro atoms. The van der Waals surface area contributed by atoms with E-state index in [0.29, 0.717) is 29.3 Å². The Bertz CT molecular complexity index is 352. The third kappa shape index (κ3) is 3.39. The zero-order chi connectivity index (χ0) is 12.3. The van der Waals surface area contributed by atoms with E-state index in [9.17, 15) is 5.11 Å². The predicted octanol–water partition coefficient (Wildman–Crippen LogP) is 3.52. The first-order valence-corrected chi connectivity index (χ1v) is 5.97. The number of hydrogen-bond acceptors (Lipinski definition) is 2. The van der Waals surface area contributed by atoms with Gasteiger partial charge in [0.25, 0.3) is 0 Å². The molecule has 16 heavy (non-hydrogen) atoms. The van der Waals surface area contributed by atoms with Crippen molar-refractivity contribution in [1.82, 2.24) is 4.90 Å². The molecule has 0 heterocycles.